The summed E-state index contributed by atoms with van der Waals surface area (Å²) in [5.41, 5.74) is 6.34. The molecule has 0 saturated carbocycles. The van der Waals surface area contributed by atoms with Crippen molar-refractivity contribution < 1.29 is 9.59 Å². The number of amides is 2. The Labute approximate surface area is 170 Å². The largest absolute Gasteiger partial charge is 0.349 e. The van der Waals surface area contributed by atoms with E-state index in [9.17, 15) is 9.59 Å². The zero-order valence-electron chi connectivity index (χ0n) is 16.2. The van der Waals surface area contributed by atoms with Gasteiger partial charge in [0.2, 0.25) is 11.8 Å². The fourth-order valence-electron chi connectivity index (χ4n) is 4.33. The third-order valence-electron chi connectivity index (χ3n) is 5.81. The summed E-state index contributed by atoms with van der Waals surface area (Å²) >= 11 is 6.59. The highest BCUT2D eigenvalue weighted by Crippen LogP contribution is 2.41. The number of carbonyl (C=O) groups is 2. The summed E-state index contributed by atoms with van der Waals surface area (Å²) in [6.07, 6.45) is 8.35. The lowest BCUT2D eigenvalue weighted by Crippen LogP contribution is -2.31. The van der Waals surface area contributed by atoms with Gasteiger partial charge in [-0.15, -0.1) is 0 Å². The van der Waals surface area contributed by atoms with Crippen LogP contribution < -0.4 is 10.2 Å². The van der Waals surface area contributed by atoms with Crippen LogP contribution in [-0.4, -0.2) is 23.8 Å². The fraction of sp³-hybridized carbons (Fsp3) is 0.409. The second kappa shape index (κ2) is 7.55. The maximum Gasteiger partial charge on any atom is 0.227 e. The van der Waals surface area contributed by atoms with Gasteiger partial charge < -0.3 is 10.2 Å². The Kier molecular flexibility index (Phi) is 5.11. The van der Waals surface area contributed by atoms with E-state index in [1.807, 2.05) is 25.4 Å². The van der Waals surface area contributed by atoms with Crippen molar-refractivity contribution in [3.05, 3.63) is 46.2 Å². The Hall–Kier alpha value is -2.40. The van der Waals surface area contributed by atoms with E-state index in [1.54, 1.807) is 11.9 Å². The van der Waals surface area contributed by atoms with Crippen molar-refractivity contribution in [2.24, 2.45) is 0 Å². The number of rotatable bonds is 3. The number of halogens is 1. The van der Waals surface area contributed by atoms with Gasteiger partial charge >= 0.3 is 0 Å². The normalized spacial score (nSPS) is 18.5. The van der Waals surface area contributed by atoms with Gasteiger partial charge in [-0.2, -0.15) is 0 Å². The minimum absolute atomic E-state index is 0.0144. The van der Waals surface area contributed by atoms with Crippen LogP contribution in [0.3, 0.4) is 0 Å². The smallest absolute Gasteiger partial charge is 0.227 e. The number of fused-ring (bicyclic) bond motifs is 2. The molecule has 6 heteroatoms. The molecule has 0 unspecified atom stereocenters. The number of nitrogens with one attached hydrogen (secondary N) is 1. The average molecular weight is 398 g/mol. The second-order valence-electron chi connectivity index (χ2n) is 7.54. The van der Waals surface area contributed by atoms with Gasteiger partial charge in [0.25, 0.3) is 0 Å². The lowest BCUT2D eigenvalue weighted by Gasteiger charge is -2.29. The Morgan fingerprint density at radius 2 is 2.11 bits per heavy atom. The molecule has 0 saturated heterocycles. The monoisotopic (exact) mass is 397 g/mol. The average Bonchev–Trinajstić information content (AvgIpc) is 2.70. The third-order valence-corrected chi connectivity index (χ3v) is 6.10. The molecule has 2 aliphatic rings. The first-order valence-corrected chi connectivity index (χ1v) is 10.2. The molecule has 5 nitrogen and oxygen atoms in total. The molecule has 1 aliphatic carbocycles. The number of benzene rings is 1. The van der Waals surface area contributed by atoms with E-state index in [0.29, 0.717) is 24.3 Å². The molecule has 28 heavy (non-hydrogen) atoms. The molecule has 1 aliphatic heterocycles. The van der Waals surface area contributed by atoms with E-state index in [2.05, 4.69) is 16.4 Å². The lowest BCUT2D eigenvalue weighted by molar-refractivity contribution is -0.121. The number of carbonyl (C=O) groups excluding carboxylic acids is 2. The van der Waals surface area contributed by atoms with Crippen LogP contribution in [0.1, 0.15) is 55.3 Å². The zero-order valence-corrected chi connectivity index (χ0v) is 17.0. The van der Waals surface area contributed by atoms with E-state index in [4.69, 9.17) is 11.6 Å². The minimum atomic E-state index is 0.0144. The van der Waals surface area contributed by atoms with Crippen LogP contribution >= 0.6 is 11.6 Å². The molecule has 1 N–H and O–H groups in total. The minimum Gasteiger partial charge on any atom is -0.349 e. The van der Waals surface area contributed by atoms with Crippen molar-refractivity contribution in [2.45, 2.75) is 51.5 Å². The van der Waals surface area contributed by atoms with Gasteiger partial charge in [0.15, 0.2) is 0 Å². The third kappa shape index (κ3) is 3.28. The zero-order chi connectivity index (χ0) is 19.8. The molecule has 1 aromatic heterocycles. The summed E-state index contributed by atoms with van der Waals surface area (Å²) in [7, 11) is 1.78. The molecular formula is C22H24ClN3O2. The predicted octanol–water partition coefficient (Wildman–Crippen LogP) is 4.21. The van der Waals surface area contributed by atoms with Crippen LogP contribution in [0, 0.1) is 0 Å². The van der Waals surface area contributed by atoms with Crippen molar-refractivity contribution in [1.29, 1.82) is 0 Å². The summed E-state index contributed by atoms with van der Waals surface area (Å²) in [5, 5.41) is 3.72. The van der Waals surface area contributed by atoms with Gasteiger partial charge in [-0.1, -0.05) is 18.5 Å². The summed E-state index contributed by atoms with van der Waals surface area (Å²) in [6.45, 7) is 1.87. The molecule has 0 fully saturated rings. The molecule has 0 bridgehead atoms. The maximum atomic E-state index is 12.0. The molecule has 2 heterocycles. The van der Waals surface area contributed by atoms with Crippen molar-refractivity contribution in [1.82, 2.24) is 10.3 Å². The van der Waals surface area contributed by atoms with Crippen molar-refractivity contribution in [3.8, 4) is 11.1 Å². The van der Waals surface area contributed by atoms with E-state index >= 15 is 0 Å². The van der Waals surface area contributed by atoms with Gasteiger partial charge in [-0.25, -0.2) is 0 Å². The second-order valence-corrected chi connectivity index (χ2v) is 7.95. The van der Waals surface area contributed by atoms with Crippen LogP contribution in [0.25, 0.3) is 11.1 Å². The maximum absolute atomic E-state index is 12.0. The quantitative estimate of drug-likeness (QED) is 0.843. The Morgan fingerprint density at radius 1 is 1.29 bits per heavy atom. The Bertz CT molecular complexity index is 957. The van der Waals surface area contributed by atoms with Crippen LogP contribution in [0.5, 0.6) is 0 Å². The van der Waals surface area contributed by atoms with E-state index in [0.717, 1.165) is 47.2 Å². The predicted molar refractivity (Wildman–Crippen MR) is 111 cm³/mol. The number of hydrogen-bond acceptors (Lipinski definition) is 3. The van der Waals surface area contributed by atoms with E-state index < -0.39 is 0 Å². The molecular weight excluding hydrogens is 374 g/mol. The lowest BCUT2D eigenvalue weighted by atomic mass is 9.84. The van der Waals surface area contributed by atoms with Crippen LogP contribution in [0.2, 0.25) is 5.02 Å². The first-order valence-electron chi connectivity index (χ1n) is 9.85. The first kappa shape index (κ1) is 18.9. The molecule has 0 radical (unpaired) electrons. The number of anilines is 1. The SMILES string of the molecule is CCC(=O)N[C@H]1CCCc2c(-c3cc(Cl)c4c(c3)CCC(=O)N4C)cncc21. The molecule has 146 valence electrons. The molecule has 1 aromatic carbocycles. The van der Waals surface area contributed by atoms with Gasteiger partial charge in [0, 0.05) is 37.8 Å². The highest BCUT2D eigenvalue weighted by atomic mass is 35.5. The highest BCUT2D eigenvalue weighted by molar-refractivity contribution is 6.34. The highest BCUT2D eigenvalue weighted by Gasteiger charge is 2.27. The molecule has 4 rings (SSSR count). The van der Waals surface area contributed by atoms with E-state index in [-0.39, 0.29) is 17.9 Å². The first-order chi connectivity index (χ1) is 13.5. The van der Waals surface area contributed by atoms with Crippen molar-refractivity contribution in [2.75, 3.05) is 11.9 Å². The Morgan fingerprint density at radius 3 is 2.89 bits per heavy atom. The number of nitrogens with zero attached hydrogens (tertiary/aromatic N) is 2. The van der Waals surface area contributed by atoms with Crippen molar-refractivity contribution >= 4 is 29.1 Å². The van der Waals surface area contributed by atoms with Gasteiger partial charge in [0.05, 0.1) is 16.8 Å². The van der Waals surface area contributed by atoms with Crippen LogP contribution in [-0.2, 0) is 22.4 Å². The summed E-state index contributed by atoms with van der Waals surface area (Å²) in [6, 6.07) is 4.08. The molecule has 2 aromatic rings. The van der Waals surface area contributed by atoms with Crippen molar-refractivity contribution in [3.63, 3.8) is 0 Å². The summed E-state index contributed by atoms with van der Waals surface area (Å²) in [5.74, 6) is 0.156. The molecule has 2 amide bonds. The van der Waals surface area contributed by atoms with Gasteiger partial charge in [-0.05, 0) is 60.1 Å². The van der Waals surface area contributed by atoms with Crippen LogP contribution in [0.4, 0.5) is 5.69 Å². The number of pyridine rings is 1. The molecule has 0 spiro atoms. The summed E-state index contributed by atoms with van der Waals surface area (Å²) in [4.78, 5) is 30.1. The topological polar surface area (TPSA) is 62.3 Å². The number of aromatic nitrogens is 1. The van der Waals surface area contributed by atoms with Gasteiger partial charge in [-0.3, -0.25) is 14.6 Å². The Balaban J connectivity index is 1.77. The summed E-state index contributed by atoms with van der Waals surface area (Å²) < 4.78 is 0. The number of aryl methyl sites for hydroxylation is 1. The van der Waals surface area contributed by atoms with Crippen LogP contribution in [0.15, 0.2) is 24.5 Å². The van der Waals surface area contributed by atoms with E-state index in [1.165, 1.54) is 5.56 Å². The number of hydrogen-bond donors (Lipinski definition) is 1. The molecule has 1 atom stereocenters. The standard InChI is InChI=1S/C22H24ClN3O2/c1-3-20(27)25-19-6-4-5-15-16(11-24-12-17(15)19)14-9-13-7-8-21(28)26(2)22(13)18(23)10-14/h9-12,19H,3-8H2,1-2H3,(H,25,27)/t19-/m0/s1. The fourth-order valence-corrected chi connectivity index (χ4v) is 4.69. The van der Waals surface area contributed by atoms with Gasteiger partial charge in [0.1, 0.15) is 0 Å².